The number of esters is 1. The normalized spacial score (nSPS) is 13.9. The number of fused-ring (bicyclic) bond motifs is 1. The monoisotopic (exact) mass is 439 g/mol. The van der Waals surface area contributed by atoms with E-state index in [0.29, 0.717) is 55.5 Å². The van der Waals surface area contributed by atoms with Gasteiger partial charge in [-0.3, -0.25) is 9.59 Å². The van der Waals surface area contributed by atoms with E-state index in [4.69, 9.17) is 9.47 Å². The van der Waals surface area contributed by atoms with Crippen molar-refractivity contribution in [3.8, 4) is 11.4 Å². The molecule has 3 heterocycles. The molecule has 11 nitrogen and oxygen atoms in total. The highest BCUT2D eigenvalue weighted by Gasteiger charge is 2.25. The summed E-state index contributed by atoms with van der Waals surface area (Å²) < 4.78 is 11.8. The van der Waals surface area contributed by atoms with Gasteiger partial charge in [-0.25, -0.2) is 9.97 Å². The van der Waals surface area contributed by atoms with Crippen LogP contribution < -0.4 is 9.64 Å². The second-order valence-corrected chi connectivity index (χ2v) is 7.25. The Kier molecular flexibility index (Phi) is 6.43. The summed E-state index contributed by atoms with van der Waals surface area (Å²) in [6.45, 7) is 4.35. The van der Waals surface area contributed by atoms with Gasteiger partial charge in [0.25, 0.3) is 0 Å². The molecule has 1 fully saturated rings. The van der Waals surface area contributed by atoms with Crippen molar-refractivity contribution >= 4 is 28.9 Å². The molecule has 0 spiro atoms. The number of carbonyl (C=O) groups excluding carboxylic acids is 2. The van der Waals surface area contributed by atoms with E-state index in [1.54, 1.807) is 23.6 Å². The van der Waals surface area contributed by atoms with Crippen molar-refractivity contribution in [1.82, 2.24) is 29.9 Å². The van der Waals surface area contributed by atoms with Gasteiger partial charge in [0.05, 0.1) is 25.8 Å². The molecular formula is C21H25N7O4. The number of piperazine rings is 1. The molecule has 2 aromatic heterocycles. The highest BCUT2D eigenvalue weighted by molar-refractivity contribution is 5.84. The number of benzene rings is 1. The molecule has 0 saturated carbocycles. The number of hydrogen-bond donors (Lipinski definition) is 0. The SMILES string of the molecule is CCOC(=O)CCC(=O)N1CCN(c2ncnc3c2nnn3-c2cccc(OC)c2)CC1. The third-order valence-corrected chi connectivity index (χ3v) is 5.30. The standard InChI is InChI=1S/C21H25N7O4/c1-3-32-18(30)8-7-17(29)26-9-11-27(12-10-26)20-19-21(23-14-22-20)28(25-24-19)15-5-4-6-16(13-15)31-2/h4-6,13-14H,3,7-12H2,1-2H3. The Labute approximate surface area is 184 Å². The Morgan fingerprint density at radius 3 is 2.66 bits per heavy atom. The van der Waals surface area contributed by atoms with Crippen LogP contribution in [0.2, 0.25) is 0 Å². The van der Waals surface area contributed by atoms with Crippen molar-refractivity contribution in [2.45, 2.75) is 19.8 Å². The third kappa shape index (κ3) is 4.46. The second kappa shape index (κ2) is 9.58. The lowest BCUT2D eigenvalue weighted by atomic mass is 10.2. The van der Waals surface area contributed by atoms with Gasteiger partial charge in [0.2, 0.25) is 5.91 Å². The molecular weight excluding hydrogens is 414 g/mol. The van der Waals surface area contributed by atoms with Crippen molar-refractivity contribution in [2.75, 3.05) is 44.8 Å². The first kappa shape index (κ1) is 21.5. The summed E-state index contributed by atoms with van der Waals surface area (Å²) in [5.41, 5.74) is 1.97. The molecule has 1 saturated heterocycles. The highest BCUT2D eigenvalue weighted by Crippen LogP contribution is 2.25. The van der Waals surface area contributed by atoms with Crippen LogP contribution in [0.5, 0.6) is 5.75 Å². The van der Waals surface area contributed by atoms with E-state index in [0.717, 1.165) is 5.69 Å². The van der Waals surface area contributed by atoms with E-state index in [9.17, 15) is 9.59 Å². The number of nitrogens with zero attached hydrogens (tertiary/aromatic N) is 7. The zero-order valence-electron chi connectivity index (χ0n) is 18.1. The molecule has 0 aliphatic carbocycles. The van der Waals surface area contributed by atoms with Gasteiger partial charge in [0, 0.05) is 38.7 Å². The minimum Gasteiger partial charge on any atom is -0.497 e. The first-order valence-corrected chi connectivity index (χ1v) is 10.5. The smallest absolute Gasteiger partial charge is 0.306 e. The van der Waals surface area contributed by atoms with Gasteiger partial charge < -0.3 is 19.3 Å². The molecule has 1 aliphatic heterocycles. The molecule has 0 N–H and O–H groups in total. The molecule has 11 heteroatoms. The van der Waals surface area contributed by atoms with E-state index in [-0.39, 0.29) is 24.7 Å². The number of carbonyl (C=O) groups is 2. The van der Waals surface area contributed by atoms with Crippen LogP contribution in [0.1, 0.15) is 19.8 Å². The minimum absolute atomic E-state index is 0.0468. The summed E-state index contributed by atoms with van der Waals surface area (Å²) in [4.78, 5) is 36.6. The topological polar surface area (TPSA) is 116 Å². The van der Waals surface area contributed by atoms with Crippen LogP contribution in [0, 0.1) is 0 Å². The molecule has 1 aliphatic rings. The van der Waals surface area contributed by atoms with E-state index in [2.05, 4.69) is 25.2 Å². The van der Waals surface area contributed by atoms with Gasteiger partial charge in [-0.1, -0.05) is 11.3 Å². The van der Waals surface area contributed by atoms with Crippen LogP contribution in [-0.4, -0.2) is 81.6 Å². The van der Waals surface area contributed by atoms with Crippen LogP contribution in [0.3, 0.4) is 0 Å². The van der Waals surface area contributed by atoms with Crippen LogP contribution in [0.25, 0.3) is 16.9 Å². The maximum absolute atomic E-state index is 12.4. The van der Waals surface area contributed by atoms with E-state index < -0.39 is 0 Å². The summed E-state index contributed by atoms with van der Waals surface area (Å²) >= 11 is 0. The first-order valence-electron chi connectivity index (χ1n) is 10.5. The number of hydrogen-bond acceptors (Lipinski definition) is 9. The Morgan fingerprint density at radius 1 is 1.09 bits per heavy atom. The maximum Gasteiger partial charge on any atom is 0.306 e. The predicted molar refractivity (Wildman–Crippen MR) is 116 cm³/mol. The molecule has 4 rings (SSSR count). The lowest BCUT2D eigenvalue weighted by Gasteiger charge is -2.35. The Balaban J connectivity index is 1.46. The lowest BCUT2D eigenvalue weighted by molar-refractivity contribution is -0.145. The average molecular weight is 439 g/mol. The van der Waals surface area contributed by atoms with E-state index in [1.807, 2.05) is 24.3 Å². The summed E-state index contributed by atoms with van der Waals surface area (Å²) in [5, 5.41) is 8.59. The van der Waals surface area contributed by atoms with Crippen molar-refractivity contribution in [3.63, 3.8) is 0 Å². The van der Waals surface area contributed by atoms with E-state index >= 15 is 0 Å². The van der Waals surface area contributed by atoms with Crippen LogP contribution in [0.15, 0.2) is 30.6 Å². The van der Waals surface area contributed by atoms with Gasteiger partial charge >= 0.3 is 5.97 Å². The summed E-state index contributed by atoms with van der Waals surface area (Å²) in [7, 11) is 1.61. The first-order chi connectivity index (χ1) is 15.6. The van der Waals surface area contributed by atoms with Crippen molar-refractivity contribution in [1.29, 1.82) is 0 Å². The molecule has 1 amide bonds. The fourth-order valence-corrected chi connectivity index (χ4v) is 3.65. The van der Waals surface area contributed by atoms with E-state index in [1.165, 1.54) is 6.33 Å². The molecule has 0 bridgehead atoms. The van der Waals surface area contributed by atoms with Crippen molar-refractivity contribution in [3.05, 3.63) is 30.6 Å². The minimum atomic E-state index is -0.345. The Bertz CT molecular complexity index is 1110. The van der Waals surface area contributed by atoms with Gasteiger partial charge in [0.15, 0.2) is 17.0 Å². The van der Waals surface area contributed by atoms with Crippen LogP contribution in [0.4, 0.5) is 5.82 Å². The number of amides is 1. The summed E-state index contributed by atoms with van der Waals surface area (Å²) in [6, 6.07) is 7.49. The highest BCUT2D eigenvalue weighted by atomic mass is 16.5. The lowest BCUT2D eigenvalue weighted by Crippen LogP contribution is -2.49. The Hall–Kier alpha value is -3.76. The zero-order valence-corrected chi connectivity index (χ0v) is 18.1. The van der Waals surface area contributed by atoms with Gasteiger partial charge in [-0.05, 0) is 19.1 Å². The largest absolute Gasteiger partial charge is 0.497 e. The predicted octanol–water partition coefficient (Wildman–Crippen LogP) is 1.21. The zero-order chi connectivity index (χ0) is 22.5. The summed E-state index contributed by atoms with van der Waals surface area (Å²) in [6.07, 6.45) is 1.76. The van der Waals surface area contributed by atoms with Crippen molar-refractivity contribution < 1.29 is 19.1 Å². The Morgan fingerprint density at radius 2 is 1.91 bits per heavy atom. The fourth-order valence-electron chi connectivity index (χ4n) is 3.65. The third-order valence-electron chi connectivity index (χ3n) is 5.30. The fraction of sp³-hybridized carbons (Fsp3) is 0.429. The number of ether oxygens (including phenoxy) is 2. The number of anilines is 1. The maximum atomic E-state index is 12.4. The molecule has 168 valence electrons. The molecule has 0 unspecified atom stereocenters. The average Bonchev–Trinajstić information content (AvgIpc) is 3.27. The quantitative estimate of drug-likeness (QED) is 0.501. The summed E-state index contributed by atoms with van der Waals surface area (Å²) in [5.74, 6) is 1.00. The number of aromatic nitrogens is 5. The van der Waals surface area contributed by atoms with Crippen LogP contribution >= 0.6 is 0 Å². The van der Waals surface area contributed by atoms with Crippen molar-refractivity contribution in [2.24, 2.45) is 0 Å². The number of rotatable bonds is 7. The van der Waals surface area contributed by atoms with Gasteiger partial charge in [-0.15, -0.1) is 5.10 Å². The molecule has 0 atom stereocenters. The molecule has 3 aromatic rings. The van der Waals surface area contributed by atoms with Gasteiger partial charge in [0.1, 0.15) is 12.1 Å². The molecule has 1 aromatic carbocycles. The second-order valence-electron chi connectivity index (χ2n) is 7.25. The molecule has 32 heavy (non-hydrogen) atoms. The van der Waals surface area contributed by atoms with Crippen LogP contribution in [-0.2, 0) is 14.3 Å². The van der Waals surface area contributed by atoms with Gasteiger partial charge in [-0.2, -0.15) is 4.68 Å². The molecule has 0 radical (unpaired) electrons. The number of methoxy groups -OCH3 is 1.